The fraction of sp³-hybridized carbons (Fsp3) is 0.688. The van der Waals surface area contributed by atoms with Crippen molar-refractivity contribution < 1.29 is 9.59 Å². The number of carbonyl (C=O) groups excluding carboxylic acids is 2. The minimum absolute atomic E-state index is 0.0853. The van der Waals surface area contributed by atoms with E-state index in [4.69, 9.17) is 0 Å². The summed E-state index contributed by atoms with van der Waals surface area (Å²) in [5, 5.41) is 20.3. The van der Waals surface area contributed by atoms with Gasteiger partial charge in [-0.3, -0.25) is 9.59 Å². The van der Waals surface area contributed by atoms with Gasteiger partial charge >= 0.3 is 0 Å². The van der Waals surface area contributed by atoms with Crippen molar-refractivity contribution in [1.82, 2.24) is 20.4 Å². The topological polar surface area (TPSA) is 99.0 Å². The Labute approximate surface area is 166 Å². The highest BCUT2D eigenvalue weighted by Crippen LogP contribution is 2.31. The Balaban J connectivity index is 1.77. The normalized spacial score (nSPS) is 15.4. The highest BCUT2D eigenvalue weighted by molar-refractivity contribution is 8.03. The first-order valence-corrected chi connectivity index (χ1v) is 11.4. The van der Waals surface area contributed by atoms with Gasteiger partial charge in [-0.05, 0) is 39.5 Å². The molecule has 10 heteroatoms. The Hall–Kier alpha value is -1.31. The first-order chi connectivity index (χ1) is 12.5. The van der Waals surface area contributed by atoms with Gasteiger partial charge in [-0.1, -0.05) is 34.9 Å². The number of rotatable bonds is 9. The second kappa shape index (κ2) is 10.1. The van der Waals surface area contributed by atoms with Crippen LogP contribution in [0.1, 0.15) is 39.5 Å². The number of hydrogen-bond donors (Lipinski definition) is 1. The van der Waals surface area contributed by atoms with Crippen LogP contribution in [0.15, 0.2) is 8.68 Å². The number of nitrogens with one attached hydrogen (secondary N) is 1. The Morgan fingerprint density at radius 1 is 1.19 bits per heavy atom. The van der Waals surface area contributed by atoms with Crippen LogP contribution in [0.5, 0.6) is 0 Å². The predicted molar refractivity (Wildman–Crippen MR) is 104 cm³/mol. The highest BCUT2D eigenvalue weighted by atomic mass is 32.2. The molecule has 0 radical (unpaired) electrons. The molecule has 1 fully saturated rings. The molecule has 1 aliphatic rings. The zero-order valence-corrected chi connectivity index (χ0v) is 17.4. The van der Waals surface area contributed by atoms with Crippen molar-refractivity contribution in [2.24, 2.45) is 0 Å². The van der Waals surface area contributed by atoms with Crippen LogP contribution < -0.4 is 5.32 Å². The molecule has 1 aliphatic carbocycles. The SMILES string of the molecule is CCN(CC)C(=O)CSc1nnc(SCC(=O)NC2(C#N)CCCC2)s1. The molecule has 26 heavy (non-hydrogen) atoms. The van der Waals surface area contributed by atoms with Crippen LogP contribution >= 0.6 is 34.9 Å². The molecule has 1 heterocycles. The molecule has 0 unspecified atom stereocenters. The largest absolute Gasteiger partial charge is 0.343 e. The number of nitrogens with zero attached hydrogens (tertiary/aromatic N) is 4. The standard InChI is InChI=1S/C16H23N5O2S3/c1-3-21(4-2)13(23)10-25-15-20-19-14(26-15)24-9-12(22)18-16(11-17)7-5-6-8-16/h3-10H2,1-2H3,(H,18,22). The maximum Gasteiger partial charge on any atom is 0.233 e. The van der Waals surface area contributed by atoms with Crippen molar-refractivity contribution in [3.05, 3.63) is 0 Å². The minimum Gasteiger partial charge on any atom is -0.343 e. The average Bonchev–Trinajstić information content (AvgIpc) is 3.29. The van der Waals surface area contributed by atoms with Gasteiger partial charge in [0.15, 0.2) is 8.68 Å². The van der Waals surface area contributed by atoms with Crippen LogP contribution in [-0.2, 0) is 9.59 Å². The van der Waals surface area contributed by atoms with Crippen molar-refractivity contribution in [1.29, 1.82) is 5.26 Å². The van der Waals surface area contributed by atoms with Gasteiger partial charge in [0.25, 0.3) is 0 Å². The molecule has 1 N–H and O–H groups in total. The fourth-order valence-electron chi connectivity index (χ4n) is 2.78. The molecule has 0 aromatic carbocycles. The number of nitriles is 1. The molecule has 0 saturated heterocycles. The van der Waals surface area contributed by atoms with Gasteiger partial charge in [0, 0.05) is 13.1 Å². The maximum atomic E-state index is 12.1. The Bertz CT molecular complexity index is 663. The lowest BCUT2D eigenvalue weighted by Gasteiger charge is -2.21. The van der Waals surface area contributed by atoms with Crippen molar-refractivity contribution in [3.8, 4) is 6.07 Å². The third-order valence-corrected chi connectivity index (χ3v) is 7.37. The van der Waals surface area contributed by atoms with Crippen LogP contribution in [0.3, 0.4) is 0 Å². The van der Waals surface area contributed by atoms with E-state index in [2.05, 4.69) is 21.6 Å². The summed E-state index contributed by atoms with van der Waals surface area (Å²) in [5.41, 5.74) is -0.690. The van der Waals surface area contributed by atoms with Gasteiger partial charge in [-0.25, -0.2) is 0 Å². The lowest BCUT2D eigenvalue weighted by molar-refractivity contribution is -0.128. The van der Waals surface area contributed by atoms with Gasteiger partial charge in [0.1, 0.15) is 5.54 Å². The molecule has 2 amide bonds. The zero-order valence-electron chi connectivity index (χ0n) is 15.0. The summed E-state index contributed by atoms with van der Waals surface area (Å²) in [6.45, 7) is 5.32. The summed E-state index contributed by atoms with van der Waals surface area (Å²) in [6.07, 6.45) is 3.40. The van der Waals surface area contributed by atoms with Crippen molar-refractivity contribution >= 4 is 46.7 Å². The lowest BCUT2D eigenvalue weighted by Crippen LogP contribution is -2.45. The van der Waals surface area contributed by atoms with Crippen LogP contribution in [-0.4, -0.2) is 57.0 Å². The van der Waals surface area contributed by atoms with Gasteiger partial charge in [-0.15, -0.1) is 10.2 Å². The second-order valence-corrected chi connectivity index (χ2v) is 9.35. The summed E-state index contributed by atoms with van der Waals surface area (Å²) in [6, 6.07) is 2.25. The third-order valence-electron chi connectivity index (χ3n) is 4.20. The fourth-order valence-corrected chi connectivity index (χ4v) is 5.50. The van der Waals surface area contributed by atoms with E-state index >= 15 is 0 Å². The first-order valence-electron chi connectivity index (χ1n) is 8.61. The average molecular weight is 414 g/mol. The van der Waals surface area contributed by atoms with E-state index in [9.17, 15) is 14.9 Å². The summed E-state index contributed by atoms with van der Waals surface area (Å²) < 4.78 is 1.41. The van der Waals surface area contributed by atoms with Crippen LogP contribution in [0, 0.1) is 11.3 Å². The number of amides is 2. The lowest BCUT2D eigenvalue weighted by atomic mass is 10.0. The van der Waals surface area contributed by atoms with Crippen molar-refractivity contribution in [3.63, 3.8) is 0 Å². The van der Waals surface area contributed by atoms with Crippen molar-refractivity contribution in [2.75, 3.05) is 24.6 Å². The molecule has 1 aromatic heterocycles. The zero-order chi connectivity index (χ0) is 19.0. The van der Waals surface area contributed by atoms with E-state index in [-0.39, 0.29) is 17.6 Å². The van der Waals surface area contributed by atoms with Crippen LogP contribution in [0.2, 0.25) is 0 Å². The van der Waals surface area contributed by atoms with Gasteiger partial charge in [-0.2, -0.15) is 5.26 Å². The van der Waals surface area contributed by atoms with Crippen molar-refractivity contribution in [2.45, 2.75) is 53.7 Å². The van der Waals surface area contributed by atoms with E-state index in [1.807, 2.05) is 13.8 Å². The molecular formula is C16H23N5O2S3. The molecule has 142 valence electrons. The molecule has 0 aliphatic heterocycles. The van der Waals surface area contributed by atoms with E-state index in [1.165, 1.54) is 34.9 Å². The molecular weight excluding hydrogens is 390 g/mol. The number of aromatic nitrogens is 2. The first kappa shape index (κ1) is 21.0. The van der Waals surface area contributed by atoms with Gasteiger partial charge in [0.2, 0.25) is 11.8 Å². The van der Waals surface area contributed by atoms with E-state index in [0.717, 1.165) is 30.0 Å². The van der Waals surface area contributed by atoms with E-state index < -0.39 is 5.54 Å². The minimum atomic E-state index is -0.690. The van der Waals surface area contributed by atoms with Gasteiger partial charge in [0.05, 0.1) is 17.6 Å². The summed E-state index contributed by atoms with van der Waals surface area (Å²) in [4.78, 5) is 25.9. The summed E-state index contributed by atoms with van der Waals surface area (Å²) in [7, 11) is 0. The van der Waals surface area contributed by atoms with E-state index in [1.54, 1.807) is 4.90 Å². The molecule has 1 aromatic rings. The Morgan fingerprint density at radius 2 is 1.77 bits per heavy atom. The molecule has 2 rings (SSSR count). The predicted octanol–water partition coefficient (Wildman–Crippen LogP) is 2.54. The number of hydrogen-bond acceptors (Lipinski definition) is 8. The van der Waals surface area contributed by atoms with Crippen LogP contribution in [0.4, 0.5) is 0 Å². The number of carbonyl (C=O) groups is 2. The van der Waals surface area contributed by atoms with Gasteiger partial charge < -0.3 is 10.2 Å². The van der Waals surface area contributed by atoms with E-state index in [0.29, 0.717) is 23.2 Å². The second-order valence-electron chi connectivity index (χ2n) is 5.93. The molecule has 0 atom stereocenters. The Morgan fingerprint density at radius 3 is 2.31 bits per heavy atom. The summed E-state index contributed by atoms with van der Waals surface area (Å²) >= 11 is 4.05. The highest BCUT2D eigenvalue weighted by Gasteiger charge is 2.35. The molecule has 0 bridgehead atoms. The molecule has 0 spiro atoms. The Kier molecular flexibility index (Phi) is 8.18. The monoisotopic (exact) mass is 413 g/mol. The molecule has 1 saturated carbocycles. The quantitative estimate of drug-likeness (QED) is 0.621. The van der Waals surface area contributed by atoms with Crippen LogP contribution in [0.25, 0.3) is 0 Å². The smallest absolute Gasteiger partial charge is 0.233 e. The molecule has 7 nitrogen and oxygen atoms in total. The summed E-state index contributed by atoms with van der Waals surface area (Å²) in [5.74, 6) is 0.481. The number of thioether (sulfide) groups is 2. The maximum absolute atomic E-state index is 12.1. The third kappa shape index (κ3) is 5.86.